The first-order valence-electron chi connectivity index (χ1n) is 6.79. The summed E-state index contributed by atoms with van der Waals surface area (Å²) in [4.78, 5) is 18.3. The number of pyridine rings is 1. The summed E-state index contributed by atoms with van der Waals surface area (Å²) in [6.45, 7) is 10.1. The van der Waals surface area contributed by atoms with Crippen LogP contribution < -0.4 is 5.32 Å². The van der Waals surface area contributed by atoms with Crippen molar-refractivity contribution in [2.45, 2.75) is 34.1 Å². The predicted molar refractivity (Wildman–Crippen MR) is 79.4 cm³/mol. The Balaban J connectivity index is 2.76. The summed E-state index contributed by atoms with van der Waals surface area (Å²) in [7, 11) is 1.84. The first kappa shape index (κ1) is 15.5. The lowest BCUT2D eigenvalue weighted by atomic mass is 9.96. The van der Waals surface area contributed by atoms with Crippen LogP contribution in [0.25, 0.3) is 0 Å². The van der Waals surface area contributed by atoms with Gasteiger partial charge >= 0.3 is 0 Å². The second-order valence-electron chi connectivity index (χ2n) is 6.08. The molecule has 0 spiro atoms. The molecule has 0 aliphatic carbocycles. The van der Waals surface area contributed by atoms with Gasteiger partial charge in [0.2, 0.25) is 0 Å². The summed E-state index contributed by atoms with van der Waals surface area (Å²) >= 11 is 0. The highest BCUT2D eigenvalue weighted by Gasteiger charge is 2.19. The van der Waals surface area contributed by atoms with Crippen LogP contribution in [0.3, 0.4) is 0 Å². The van der Waals surface area contributed by atoms with Crippen LogP contribution in [0, 0.1) is 5.41 Å². The summed E-state index contributed by atoms with van der Waals surface area (Å²) in [6, 6.07) is 3.58. The summed E-state index contributed by atoms with van der Waals surface area (Å²) < 4.78 is 0. The zero-order chi connectivity index (χ0) is 14.5. The zero-order valence-corrected chi connectivity index (χ0v) is 12.7. The summed E-state index contributed by atoms with van der Waals surface area (Å²) in [5, 5.41) is 3.19. The standard InChI is InChI=1S/C15H25N3O/c1-6-8-16-13-10-12(7-9-17-13)14(19)18(5)11-15(2,3)4/h7,9-10H,6,8,11H2,1-5H3,(H,16,17). The van der Waals surface area contributed by atoms with Crippen molar-refractivity contribution >= 4 is 11.7 Å². The van der Waals surface area contributed by atoms with E-state index >= 15 is 0 Å². The molecule has 4 heteroatoms. The molecule has 1 aromatic rings. The van der Waals surface area contributed by atoms with Gasteiger partial charge in [-0.25, -0.2) is 4.98 Å². The van der Waals surface area contributed by atoms with Crippen molar-refractivity contribution in [1.82, 2.24) is 9.88 Å². The smallest absolute Gasteiger partial charge is 0.253 e. The minimum atomic E-state index is 0.0388. The molecule has 0 aliphatic rings. The highest BCUT2D eigenvalue weighted by atomic mass is 16.2. The Morgan fingerprint density at radius 2 is 2.11 bits per heavy atom. The fourth-order valence-electron chi connectivity index (χ4n) is 1.92. The van der Waals surface area contributed by atoms with Gasteiger partial charge in [0.05, 0.1) is 0 Å². The fourth-order valence-corrected chi connectivity index (χ4v) is 1.92. The Morgan fingerprint density at radius 3 is 2.68 bits per heavy atom. The van der Waals surface area contributed by atoms with E-state index in [9.17, 15) is 4.79 Å². The molecule has 0 aromatic carbocycles. The Kier molecular flexibility index (Phi) is 5.33. The number of anilines is 1. The van der Waals surface area contributed by atoms with Crippen molar-refractivity contribution < 1.29 is 4.79 Å². The van der Waals surface area contributed by atoms with Crippen molar-refractivity contribution in [3.8, 4) is 0 Å². The summed E-state index contributed by atoms with van der Waals surface area (Å²) in [5.74, 6) is 0.800. The van der Waals surface area contributed by atoms with Gasteiger partial charge in [0.1, 0.15) is 5.82 Å². The molecule has 0 fully saturated rings. The molecular weight excluding hydrogens is 238 g/mol. The normalized spacial score (nSPS) is 11.2. The molecule has 0 saturated heterocycles. The van der Waals surface area contributed by atoms with E-state index in [1.807, 2.05) is 13.1 Å². The van der Waals surface area contributed by atoms with Gasteiger partial charge in [0, 0.05) is 31.9 Å². The number of nitrogens with one attached hydrogen (secondary N) is 1. The van der Waals surface area contributed by atoms with Crippen LogP contribution in [0.1, 0.15) is 44.5 Å². The molecule has 0 unspecified atom stereocenters. The van der Waals surface area contributed by atoms with Crippen molar-refractivity contribution in [3.05, 3.63) is 23.9 Å². The molecule has 0 radical (unpaired) electrons. The Morgan fingerprint density at radius 1 is 1.42 bits per heavy atom. The quantitative estimate of drug-likeness (QED) is 0.888. The van der Waals surface area contributed by atoms with Crippen molar-refractivity contribution in [2.75, 3.05) is 25.5 Å². The lowest BCUT2D eigenvalue weighted by Gasteiger charge is -2.26. The van der Waals surface area contributed by atoms with Gasteiger partial charge in [0.25, 0.3) is 5.91 Å². The first-order chi connectivity index (χ1) is 8.83. The van der Waals surface area contributed by atoms with Gasteiger partial charge in [-0.1, -0.05) is 27.7 Å². The Hall–Kier alpha value is -1.58. The zero-order valence-electron chi connectivity index (χ0n) is 12.7. The van der Waals surface area contributed by atoms with E-state index in [-0.39, 0.29) is 11.3 Å². The van der Waals surface area contributed by atoms with Crippen LogP contribution in [-0.2, 0) is 0 Å². The number of hydrogen-bond donors (Lipinski definition) is 1. The molecule has 4 nitrogen and oxygen atoms in total. The first-order valence-corrected chi connectivity index (χ1v) is 6.79. The van der Waals surface area contributed by atoms with Crippen LogP contribution in [-0.4, -0.2) is 35.9 Å². The van der Waals surface area contributed by atoms with E-state index in [1.54, 1.807) is 17.2 Å². The molecular formula is C15H25N3O. The highest BCUT2D eigenvalue weighted by Crippen LogP contribution is 2.16. The molecule has 0 bridgehead atoms. The van der Waals surface area contributed by atoms with Crippen LogP contribution in [0.4, 0.5) is 5.82 Å². The van der Waals surface area contributed by atoms with Gasteiger partial charge in [0.15, 0.2) is 0 Å². The number of hydrogen-bond acceptors (Lipinski definition) is 3. The van der Waals surface area contributed by atoms with E-state index in [0.29, 0.717) is 5.56 Å². The molecule has 1 amide bonds. The van der Waals surface area contributed by atoms with Crippen LogP contribution in [0.5, 0.6) is 0 Å². The summed E-state index contributed by atoms with van der Waals surface area (Å²) in [6.07, 6.45) is 2.71. The van der Waals surface area contributed by atoms with Gasteiger partial charge < -0.3 is 10.2 Å². The molecule has 0 aliphatic heterocycles. The number of rotatable bonds is 5. The van der Waals surface area contributed by atoms with Crippen LogP contribution in [0.15, 0.2) is 18.3 Å². The lowest BCUT2D eigenvalue weighted by molar-refractivity contribution is 0.0745. The number of nitrogens with zero attached hydrogens (tertiary/aromatic N) is 2. The Bertz CT molecular complexity index is 424. The summed E-state index contributed by atoms with van der Waals surface area (Å²) in [5.41, 5.74) is 0.779. The molecule has 1 N–H and O–H groups in total. The van der Waals surface area contributed by atoms with E-state index in [1.165, 1.54) is 0 Å². The molecule has 106 valence electrons. The molecule has 19 heavy (non-hydrogen) atoms. The van der Waals surface area contributed by atoms with E-state index in [4.69, 9.17) is 0 Å². The minimum absolute atomic E-state index is 0.0388. The fraction of sp³-hybridized carbons (Fsp3) is 0.600. The van der Waals surface area contributed by atoms with Crippen LogP contribution in [0.2, 0.25) is 0 Å². The maximum absolute atomic E-state index is 12.3. The lowest BCUT2D eigenvalue weighted by Crippen LogP contribution is -2.34. The molecule has 1 rings (SSSR count). The second-order valence-corrected chi connectivity index (χ2v) is 6.08. The van der Waals surface area contributed by atoms with Gasteiger partial charge in [-0.2, -0.15) is 0 Å². The molecule has 1 heterocycles. The molecule has 1 aromatic heterocycles. The number of amides is 1. The van der Waals surface area contributed by atoms with Crippen molar-refractivity contribution in [2.24, 2.45) is 5.41 Å². The van der Waals surface area contributed by atoms with Crippen molar-refractivity contribution in [1.29, 1.82) is 0 Å². The van der Waals surface area contributed by atoms with Crippen LogP contribution >= 0.6 is 0 Å². The maximum atomic E-state index is 12.3. The Labute approximate surface area is 116 Å². The third-order valence-electron chi connectivity index (χ3n) is 2.62. The second kappa shape index (κ2) is 6.55. The van der Waals surface area contributed by atoms with Crippen molar-refractivity contribution in [3.63, 3.8) is 0 Å². The number of aromatic nitrogens is 1. The minimum Gasteiger partial charge on any atom is -0.370 e. The molecule has 0 saturated carbocycles. The monoisotopic (exact) mass is 263 g/mol. The topological polar surface area (TPSA) is 45.2 Å². The van der Waals surface area contributed by atoms with E-state index in [0.717, 1.165) is 25.3 Å². The SMILES string of the molecule is CCCNc1cc(C(=O)N(C)CC(C)(C)C)ccn1. The third kappa shape index (κ3) is 5.28. The van der Waals surface area contributed by atoms with E-state index in [2.05, 4.69) is 38.0 Å². The van der Waals surface area contributed by atoms with Gasteiger partial charge in [-0.05, 0) is 24.0 Å². The average Bonchev–Trinajstić information content (AvgIpc) is 2.33. The molecule has 0 atom stereocenters. The van der Waals surface area contributed by atoms with E-state index < -0.39 is 0 Å². The number of carbonyl (C=O) groups excluding carboxylic acids is 1. The third-order valence-corrected chi connectivity index (χ3v) is 2.62. The maximum Gasteiger partial charge on any atom is 0.253 e. The number of carbonyl (C=O) groups is 1. The largest absolute Gasteiger partial charge is 0.370 e. The van der Waals surface area contributed by atoms with Gasteiger partial charge in [-0.3, -0.25) is 4.79 Å². The average molecular weight is 263 g/mol. The highest BCUT2D eigenvalue weighted by molar-refractivity contribution is 5.94. The van der Waals surface area contributed by atoms with Gasteiger partial charge in [-0.15, -0.1) is 0 Å². The predicted octanol–water partition coefficient (Wildman–Crippen LogP) is 3.02.